The molecule has 0 N–H and O–H groups in total. The molecule has 0 atom stereocenters. The summed E-state index contributed by atoms with van der Waals surface area (Å²) in [5, 5.41) is 0. The Morgan fingerprint density at radius 2 is 1.39 bits per heavy atom. The van der Waals surface area contributed by atoms with Crippen molar-refractivity contribution in [2.45, 2.75) is 13.3 Å². The zero-order valence-electron chi connectivity index (χ0n) is 9.33. The third kappa shape index (κ3) is 2.66. The lowest BCUT2D eigenvalue weighted by Crippen LogP contribution is -2.17. The Labute approximate surface area is 99.4 Å². The molecule has 0 fully saturated rings. The maximum absolute atomic E-state index is 13.2. The first-order valence-corrected chi connectivity index (χ1v) is 5.04. The van der Waals surface area contributed by atoms with Gasteiger partial charge in [-0.2, -0.15) is 0 Å². The predicted molar refractivity (Wildman–Crippen MR) is 51.7 cm³/mol. The van der Waals surface area contributed by atoms with Crippen LogP contribution >= 0.6 is 0 Å². The molecular formula is C11H9F5O2. The van der Waals surface area contributed by atoms with Gasteiger partial charge >= 0.3 is 0 Å². The summed E-state index contributed by atoms with van der Waals surface area (Å²) < 4.78 is 69.3. The van der Waals surface area contributed by atoms with Crippen LogP contribution in [0.15, 0.2) is 0 Å². The Morgan fingerprint density at radius 3 is 1.83 bits per heavy atom. The third-order valence-electron chi connectivity index (χ3n) is 2.07. The van der Waals surface area contributed by atoms with Crippen molar-refractivity contribution in [3.8, 4) is 0 Å². The summed E-state index contributed by atoms with van der Waals surface area (Å²) in [4.78, 5) is 11.3. The summed E-state index contributed by atoms with van der Waals surface area (Å²) in [6.07, 6.45) is 0.546. The normalized spacial score (nSPS) is 10.8. The molecule has 0 saturated carbocycles. The van der Waals surface area contributed by atoms with Crippen LogP contribution in [0.25, 0.3) is 0 Å². The molecule has 2 nitrogen and oxygen atoms in total. The molecule has 0 amide bonds. The molecule has 100 valence electrons. The summed E-state index contributed by atoms with van der Waals surface area (Å²) in [6, 6.07) is 0. The Bertz CT molecular complexity index is 444. The fourth-order valence-corrected chi connectivity index (χ4v) is 1.23. The summed E-state index contributed by atoms with van der Waals surface area (Å²) in [7, 11) is 0. The minimum Gasteiger partial charge on any atom is -0.373 e. The number of halogens is 5. The lowest BCUT2D eigenvalue weighted by atomic mass is 10.1. The maximum atomic E-state index is 13.2. The smallest absolute Gasteiger partial charge is 0.200 e. The van der Waals surface area contributed by atoms with Crippen molar-refractivity contribution in [2.24, 2.45) is 0 Å². The number of carbonyl (C=O) groups excluding carboxylic acids is 1. The van der Waals surface area contributed by atoms with E-state index in [9.17, 15) is 26.7 Å². The van der Waals surface area contributed by atoms with Gasteiger partial charge in [0.1, 0.15) is 6.61 Å². The standard InChI is InChI=1S/C11H9F5O2/c1-2-3-18-4-5(17)6-7(12)9(14)11(16)10(15)8(6)13/h2-4H2,1H3. The van der Waals surface area contributed by atoms with Crippen molar-refractivity contribution in [2.75, 3.05) is 13.2 Å². The average molecular weight is 268 g/mol. The van der Waals surface area contributed by atoms with Crippen LogP contribution in [0.3, 0.4) is 0 Å². The van der Waals surface area contributed by atoms with Crippen LogP contribution in [0.5, 0.6) is 0 Å². The first-order valence-electron chi connectivity index (χ1n) is 5.04. The van der Waals surface area contributed by atoms with E-state index in [2.05, 4.69) is 0 Å². The van der Waals surface area contributed by atoms with Gasteiger partial charge in [-0.25, -0.2) is 22.0 Å². The average Bonchev–Trinajstić information content (AvgIpc) is 2.34. The van der Waals surface area contributed by atoms with E-state index >= 15 is 0 Å². The van der Waals surface area contributed by atoms with Gasteiger partial charge in [0.15, 0.2) is 29.1 Å². The van der Waals surface area contributed by atoms with E-state index in [0.717, 1.165) is 0 Å². The number of ketones is 1. The van der Waals surface area contributed by atoms with Crippen molar-refractivity contribution in [1.82, 2.24) is 0 Å². The van der Waals surface area contributed by atoms with Gasteiger partial charge in [0, 0.05) is 6.61 Å². The van der Waals surface area contributed by atoms with Gasteiger partial charge in [-0.3, -0.25) is 4.79 Å². The van der Waals surface area contributed by atoms with Crippen LogP contribution in [-0.4, -0.2) is 19.0 Å². The van der Waals surface area contributed by atoms with Gasteiger partial charge in [0.25, 0.3) is 0 Å². The molecule has 0 radical (unpaired) electrons. The molecule has 0 aliphatic carbocycles. The van der Waals surface area contributed by atoms with E-state index in [1.807, 2.05) is 0 Å². The molecule has 0 aromatic heterocycles. The minimum atomic E-state index is -2.30. The highest BCUT2D eigenvalue weighted by molar-refractivity contribution is 5.97. The first kappa shape index (κ1) is 14.6. The van der Waals surface area contributed by atoms with Crippen LogP contribution in [0.2, 0.25) is 0 Å². The Kier molecular flexibility index (Phi) is 4.77. The quantitative estimate of drug-likeness (QED) is 0.270. The summed E-state index contributed by atoms with van der Waals surface area (Å²) in [5.41, 5.74) is -1.47. The molecule has 1 rings (SSSR count). The van der Waals surface area contributed by atoms with Crippen molar-refractivity contribution >= 4 is 5.78 Å². The van der Waals surface area contributed by atoms with Gasteiger partial charge in [-0.15, -0.1) is 0 Å². The minimum absolute atomic E-state index is 0.140. The van der Waals surface area contributed by atoms with E-state index in [4.69, 9.17) is 4.74 Å². The zero-order chi connectivity index (χ0) is 13.9. The van der Waals surface area contributed by atoms with Gasteiger partial charge in [-0.05, 0) is 6.42 Å². The summed E-state index contributed by atoms with van der Waals surface area (Å²) in [5.74, 6) is -12.2. The number of hydrogen-bond acceptors (Lipinski definition) is 2. The van der Waals surface area contributed by atoms with Crippen LogP contribution < -0.4 is 0 Å². The number of benzene rings is 1. The van der Waals surface area contributed by atoms with Gasteiger partial charge < -0.3 is 4.74 Å². The highest BCUT2D eigenvalue weighted by Crippen LogP contribution is 2.23. The fourth-order valence-electron chi connectivity index (χ4n) is 1.23. The van der Waals surface area contributed by atoms with E-state index < -0.39 is 47.0 Å². The topological polar surface area (TPSA) is 26.3 Å². The zero-order valence-corrected chi connectivity index (χ0v) is 9.33. The summed E-state index contributed by atoms with van der Waals surface area (Å²) in [6.45, 7) is 1.12. The van der Waals surface area contributed by atoms with Crippen LogP contribution in [0.1, 0.15) is 23.7 Å². The molecule has 0 spiro atoms. The molecule has 0 aliphatic rings. The number of carbonyl (C=O) groups is 1. The second-order valence-corrected chi connectivity index (χ2v) is 3.42. The predicted octanol–water partition coefficient (Wildman–Crippen LogP) is 2.99. The molecule has 0 heterocycles. The number of rotatable bonds is 5. The van der Waals surface area contributed by atoms with Crippen LogP contribution in [-0.2, 0) is 4.74 Å². The van der Waals surface area contributed by atoms with E-state index in [1.54, 1.807) is 6.92 Å². The Balaban J connectivity index is 3.13. The molecule has 1 aromatic rings. The van der Waals surface area contributed by atoms with Crippen molar-refractivity contribution < 1.29 is 31.5 Å². The largest absolute Gasteiger partial charge is 0.373 e. The molecule has 1 aromatic carbocycles. The number of Topliss-reactive ketones (excluding diaryl/α,β-unsaturated/α-hetero) is 1. The monoisotopic (exact) mass is 268 g/mol. The lowest BCUT2D eigenvalue weighted by molar-refractivity contribution is 0.0750. The number of ether oxygens (including phenoxy) is 1. The molecule has 18 heavy (non-hydrogen) atoms. The van der Waals surface area contributed by atoms with E-state index in [1.165, 1.54) is 0 Å². The SMILES string of the molecule is CCCOCC(=O)c1c(F)c(F)c(F)c(F)c1F. The molecule has 0 aliphatic heterocycles. The maximum Gasteiger partial charge on any atom is 0.200 e. The van der Waals surface area contributed by atoms with Crippen molar-refractivity contribution in [3.63, 3.8) is 0 Å². The summed E-state index contributed by atoms with van der Waals surface area (Å²) >= 11 is 0. The molecular weight excluding hydrogens is 259 g/mol. The van der Waals surface area contributed by atoms with Crippen LogP contribution in [0, 0.1) is 29.1 Å². The lowest BCUT2D eigenvalue weighted by Gasteiger charge is -2.07. The molecule has 0 bridgehead atoms. The van der Waals surface area contributed by atoms with E-state index in [-0.39, 0.29) is 6.61 Å². The second kappa shape index (κ2) is 5.90. The fraction of sp³-hybridized carbons (Fsp3) is 0.364. The molecule has 0 unspecified atom stereocenters. The van der Waals surface area contributed by atoms with Crippen molar-refractivity contribution in [3.05, 3.63) is 34.6 Å². The second-order valence-electron chi connectivity index (χ2n) is 3.42. The highest BCUT2D eigenvalue weighted by atomic mass is 19.2. The molecule has 7 heteroatoms. The van der Waals surface area contributed by atoms with Gasteiger partial charge in [0.2, 0.25) is 5.82 Å². The van der Waals surface area contributed by atoms with Gasteiger partial charge in [-0.1, -0.05) is 6.92 Å². The Hall–Kier alpha value is -1.50. The number of hydrogen-bond donors (Lipinski definition) is 0. The third-order valence-corrected chi connectivity index (χ3v) is 2.07. The van der Waals surface area contributed by atoms with Crippen LogP contribution in [0.4, 0.5) is 22.0 Å². The van der Waals surface area contributed by atoms with E-state index in [0.29, 0.717) is 6.42 Å². The van der Waals surface area contributed by atoms with Crippen molar-refractivity contribution in [1.29, 1.82) is 0 Å². The molecule has 0 saturated heterocycles. The first-order chi connectivity index (χ1) is 8.41. The van der Waals surface area contributed by atoms with Gasteiger partial charge in [0.05, 0.1) is 5.56 Å². The highest BCUT2D eigenvalue weighted by Gasteiger charge is 2.29. The Morgan fingerprint density at radius 1 is 0.944 bits per heavy atom.